The van der Waals surface area contributed by atoms with Crippen molar-refractivity contribution in [2.75, 3.05) is 29.1 Å². The average Bonchev–Trinajstić information content (AvgIpc) is 2.93. The van der Waals surface area contributed by atoms with E-state index in [2.05, 4.69) is 5.32 Å². The lowest BCUT2D eigenvalue weighted by molar-refractivity contribution is 0.181. The predicted molar refractivity (Wildman–Crippen MR) is 83.3 cm³/mol. The Morgan fingerprint density at radius 2 is 2.05 bits per heavy atom. The van der Waals surface area contributed by atoms with Crippen LogP contribution in [-0.2, 0) is 11.3 Å². The topological polar surface area (TPSA) is 67.6 Å². The standard InChI is InChI=1S/C16H17N3O2/c17-15-7-2-1-4-12(15)11-18-13-5-3-6-14(10-13)19-8-9-21-16(19)20/h1-7,10,18H,8-9,11,17H2. The lowest BCUT2D eigenvalue weighted by Gasteiger charge is -2.15. The highest BCUT2D eigenvalue weighted by Gasteiger charge is 2.23. The fraction of sp³-hybridized carbons (Fsp3) is 0.188. The van der Waals surface area contributed by atoms with Crippen molar-refractivity contribution in [1.82, 2.24) is 0 Å². The van der Waals surface area contributed by atoms with Crippen LogP contribution in [0.4, 0.5) is 21.9 Å². The summed E-state index contributed by atoms with van der Waals surface area (Å²) in [5.74, 6) is 0. The highest BCUT2D eigenvalue weighted by molar-refractivity contribution is 5.89. The Bertz CT molecular complexity index is 657. The number of benzene rings is 2. The van der Waals surface area contributed by atoms with E-state index in [1.54, 1.807) is 4.90 Å². The second-order valence-electron chi connectivity index (χ2n) is 4.87. The van der Waals surface area contributed by atoms with E-state index in [0.717, 1.165) is 22.6 Å². The molecule has 1 heterocycles. The summed E-state index contributed by atoms with van der Waals surface area (Å²) in [6.07, 6.45) is -0.292. The van der Waals surface area contributed by atoms with Gasteiger partial charge in [-0.2, -0.15) is 0 Å². The molecule has 1 amide bonds. The Balaban J connectivity index is 1.72. The van der Waals surface area contributed by atoms with Gasteiger partial charge in [-0.15, -0.1) is 0 Å². The number of cyclic esters (lactones) is 1. The largest absolute Gasteiger partial charge is 0.447 e. The molecule has 3 rings (SSSR count). The number of nitrogens with two attached hydrogens (primary N) is 1. The number of nitrogens with one attached hydrogen (secondary N) is 1. The first-order valence-corrected chi connectivity index (χ1v) is 6.85. The first-order chi connectivity index (χ1) is 10.2. The smallest absolute Gasteiger partial charge is 0.414 e. The van der Waals surface area contributed by atoms with Crippen molar-refractivity contribution in [3.05, 3.63) is 54.1 Å². The summed E-state index contributed by atoms with van der Waals surface area (Å²) in [7, 11) is 0. The summed E-state index contributed by atoms with van der Waals surface area (Å²) in [6, 6.07) is 15.5. The van der Waals surface area contributed by atoms with Gasteiger partial charge in [-0.3, -0.25) is 4.90 Å². The summed E-state index contributed by atoms with van der Waals surface area (Å²) >= 11 is 0. The second kappa shape index (κ2) is 5.75. The molecule has 21 heavy (non-hydrogen) atoms. The lowest BCUT2D eigenvalue weighted by atomic mass is 10.2. The number of hydrogen-bond donors (Lipinski definition) is 2. The molecule has 0 atom stereocenters. The molecule has 0 radical (unpaired) electrons. The van der Waals surface area contributed by atoms with Crippen LogP contribution in [0, 0.1) is 0 Å². The van der Waals surface area contributed by atoms with Gasteiger partial charge < -0.3 is 15.8 Å². The van der Waals surface area contributed by atoms with Crippen molar-refractivity contribution in [3.8, 4) is 0 Å². The SMILES string of the molecule is Nc1ccccc1CNc1cccc(N2CCOC2=O)c1. The van der Waals surface area contributed by atoms with Crippen LogP contribution < -0.4 is 16.0 Å². The molecule has 1 aliphatic heterocycles. The monoisotopic (exact) mass is 283 g/mol. The first-order valence-electron chi connectivity index (χ1n) is 6.85. The molecule has 1 aliphatic rings. The van der Waals surface area contributed by atoms with Gasteiger partial charge in [0.15, 0.2) is 0 Å². The zero-order chi connectivity index (χ0) is 14.7. The molecule has 108 valence electrons. The molecule has 2 aromatic carbocycles. The van der Waals surface area contributed by atoms with E-state index in [0.29, 0.717) is 19.7 Å². The predicted octanol–water partition coefficient (Wildman–Crippen LogP) is 2.84. The van der Waals surface area contributed by atoms with E-state index in [4.69, 9.17) is 10.5 Å². The molecule has 0 saturated carbocycles. The molecule has 5 heteroatoms. The van der Waals surface area contributed by atoms with Crippen LogP contribution in [0.5, 0.6) is 0 Å². The Morgan fingerprint density at radius 3 is 2.81 bits per heavy atom. The van der Waals surface area contributed by atoms with Crippen molar-refractivity contribution < 1.29 is 9.53 Å². The average molecular weight is 283 g/mol. The Labute approximate surface area is 123 Å². The number of ether oxygens (including phenoxy) is 1. The van der Waals surface area contributed by atoms with Crippen molar-refractivity contribution in [2.45, 2.75) is 6.54 Å². The number of amides is 1. The fourth-order valence-corrected chi connectivity index (χ4v) is 2.30. The Morgan fingerprint density at radius 1 is 1.19 bits per heavy atom. The van der Waals surface area contributed by atoms with E-state index < -0.39 is 0 Å². The van der Waals surface area contributed by atoms with Crippen LogP contribution in [0.1, 0.15) is 5.56 Å². The molecule has 1 saturated heterocycles. The minimum atomic E-state index is -0.292. The fourth-order valence-electron chi connectivity index (χ4n) is 2.30. The number of nitrogen functional groups attached to an aromatic ring is 1. The molecule has 2 aromatic rings. The van der Waals surface area contributed by atoms with E-state index in [9.17, 15) is 4.79 Å². The molecular formula is C16H17N3O2. The maximum Gasteiger partial charge on any atom is 0.414 e. The third kappa shape index (κ3) is 2.91. The van der Waals surface area contributed by atoms with Gasteiger partial charge in [-0.1, -0.05) is 24.3 Å². The number of carbonyl (C=O) groups is 1. The molecule has 5 nitrogen and oxygen atoms in total. The highest BCUT2D eigenvalue weighted by Crippen LogP contribution is 2.23. The normalized spacial score (nSPS) is 14.1. The number of nitrogens with zero attached hydrogens (tertiary/aromatic N) is 1. The third-order valence-electron chi connectivity index (χ3n) is 3.46. The van der Waals surface area contributed by atoms with Crippen molar-refractivity contribution >= 4 is 23.2 Å². The van der Waals surface area contributed by atoms with E-state index >= 15 is 0 Å². The van der Waals surface area contributed by atoms with Crippen LogP contribution in [0.3, 0.4) is 0 Å². The number of para-hydroxylation sites is 1. The van der Waals surface area contributed by atoms with Gasteiger partial charge in [0.1, 0.15) is 6.61 Å². The summed E-state index contributed by atoms with van der Waals surface area (Å²) < 4.78 is 4.95. The molecule has 1 fully saturated rings. The van der Waals surface area contributed by atoms with Crippen molar-refractivity contribution in [3.63, 3.8) is 0 Å². The van der Waals surface area contributed by atoms with Crippen LogP contribution >= 0.6 is 0 Å². The highest BCUT2D eigenvalue weighted by atomic mass is 16.6. The molecule has 0 unspecified atom stereocenters. The maximum atomic E-state index is 11.6. The minimum Gasteiger partial charge on any atom is -0.447 e. The van der Waals surface area contributed by atoms with E-state index in [-0.39, 0.29) is 6.09 Å². The zero-order valence-electron chi connectivity index (χ0n) is 11.6. The Kier molecular flexibility index (Phi) is 3.64. The van der Waals surface area contributed by atoms with Crippen LogP contribution in [0.25, 0.3) is 0 Å². The van der Waals surface area contributed by atoms with Gasteiger partial charge in [0.25, 0.3) is 0 Å². The van der Waals surface area contributed by atoms with Crippen molar-refractivity contribution in [1.29, 1.82) is 0 Å². The van der Waals surface area contributed by atoms with Crippen molar-refractivity contribution in [2.24, 2.45) is 0 Å². The summed E-state index contributed by atoms with van der Waals surface area (Å²) in [6.45, 7) is 1.67. The molecule has 3 N–H and O–H groups in total. The minimum absolute atomic E-state index is 0.292. The van der Waals surface area contributed by atoms with E-state index in [1.807, 2.05) is 48.5 Å². The summed E-state index contributed by atoms with van der Waals surface area (Å²) in [5, 5.41) is 3.32. The Hall–Kier alpha value is -2.69. The molecule has 0 bridgehead atoms. The third-order valence-corrected chi connectivity index (χ3v) is 3.46. The second-order valence-corrected chi connectivity index (χ2v) is 4.87. The van der Waals surface area contributed by atoms with Gasteiger partial charge in [0.05, 0.1) is 6.54 Å². The van der Waals surface area contributed by atoms with Crippen LogP contribution in [0.2, 0.25) is 0 Å². The number of anilines is 3. The summed E-state index contributed by atoms with van der Waals surface area (Å²) in [5.41, 5.74) is 9.51. The van der Waals surface area contributed by atoms with Gasteiger partial charge in [0, 0.05) is 23.6 Å². The van der Waals surface area contributed by atoms with Gasteiger partial charge in [-0.25, -0.2) is 4.79 Å². The number of hydrogen-bond acceptors (Lipinski definition) is 4. The first kappa shape index (κ1) is 13.3. The van der Waals surface area contributed by atoms with Gasteiger partial charge in [0.2, 0.25) is 0 Å². The van der Waals surface area contributed by atoms with Crippen LogP contribution in [0.15, 0.2) is 48.5 Å². The quantitative estimate of drug-likeness (QED) is 0.847. The molecular weight excluding hydrogens is 266 g/mol. The molecule has 0 aromatic heterocycles. The lowest BCUT2D eigenvalue weighted by Crippen LogP contribution is -2.23. The van der Waals surface area contributed by atoms with Gasteiger partial charge in [-0.05, 0) is 29.8 Å². The number of carbonyl (C=O) groups excluding carboxylic acids is 1. The number of rotatable bonds is 4. The molecule has 0 aliphatic carbocycles. The summed E-state index contributed by atoms with van der Waals surface area (Å²) in [4.78, 5) is 13.2. The van der Waals surface area contributed by atoms with Crippen LogP contribution in [-0.4, -0.2) is 19.2 Å². The van der Waals surface area contributed by atoms with E-state index in [1.165, 1.54) is 0 Å². The van der Waals surface area contributed by atoms with Gasteiger partial charge >= 0.3 is 6.09 Å². The zero-order valence-corrected chi connectivity index (χ0v) is 11.6. The molecule has 0 spiro atoms. The maximum absolute atomic E-state index is 11.6.